The predicted octanol–water partition coefficient (Wildman–Crippen LogP) is 3.80. The number of hydrogen-bond donors (Lipinski definition) is 4. The van der Waals surface area contributed by atoms with Crippen LogP contribution in [0.15, 0.2) is 60.7 Å². The highest BCUT2D eigenvalue weighted by Gasteiger charge is 2.28. The van der Waals surface area contributed by atoms with Crippen LogP contribution in [0.3, 0.4) is 0 Å². The van der Waals surface area contributed by atoms with E-state index in [4.69, 9.17) is 24.5 Å². The molecule has 0 saturated heterocycles. The van der Waals surface area contributed by atoms with Gasteiger partial charge in [0, 0.05) is 23.9 Å². The summed E-state index contributed by atoms with van der Waals surface area (Å²) in [5.41, 5.74) is 3.11. The van der Waals surface area contributed by atoms with Crippen molar-refractivity contribution >= 4 is 23.5 Å². The SMILES string of the molecule is CCO[C@@H](CC/C=C/C(=O)NO)[C@@H](OC(=O)Nc1ccc(C(C)=O)cc1)c1cccc(OCCO)c1. The third-order valence-corrected chi connectivity index (χ3v) is 5.03. The van der Waals surface area contributed by atoms with Crippen LogP contribution in [0.4, 0.5) is 10.5 Å². The van der Waals surface area contributed by atoms with Gasteiger partial charge < -0.3 is 19.3 Å². The number of amides is 2. The lowest BCUT2D eigenvalue weighted by atomic mass is 10.00. The molecule has 194 valence electrons. The average molecular weight is 501 g/mol. The minimum absolute atomic E-state index is 0.0856. The van der Waals surface area contributed by atoms with Crippen LogP contribution in [-0.2, 0) is 14.3 Å². The third kappa shape index (κ3) is 9.49. The number of aliphatic hydroxyl groups is 1. The number of ketones is 1. The molecule has 4 N–H and O–H groups in total. The number of aliphatic hydroxyl groups excluding tert-OH is 1. The first-order valence-electron chi connectivity index (χ1n) is 11.5. The summed E-state index contributed by atoms with van der Waals surface area (Å²) in [5.74, 6) is -0.248. The Hall–Kier alpha value is -3.73. The van der Waals surface area contributed by atoms with Crippen LogP contribution in [0.25, 0.3) is 0 Å². The lowest BCUT2D eigenvalue weighted by molar-refractivity contribution is -0.124. The van der Waals surface area contributed by atoms with E-state index in [-0.39, 0.29) is 19.0 Å². The topological polar surface area (TPSA) is 143 Å². The van der Waals surface area contributed by atoms with Crippen LogP contribution in [0.1, 0.15) is 48.7 Å². The maximum absolute atomic E-state index is 12.8. The van der Waals surface area contributed by atoms with Crippen LogP contribution < -0.4 is 15.5 Å². The van der Waals surface area contributed by atoms with E-state index in [1.807, 2.05) is 6.92 Å². The molecule has 2 rings (SSSR count). The minimum atomic E-state index is -0.834. The number of anilines is 1. The van der Waals surface area contributed by atoms with Gasteiger partial charge in [-0.15, -0.1) is 0 Å². The van der Waals surface area contributed by atoms with Crippen molar-refractivity contribution in [2.75, 3.05) is 25.1 Å². The van der Waals surface area contributed by atoms with Gasteiger partial charge in [-0.25, -0.2) is 10.3 Å². The molecule has 0 heterocycles. The summed E-state index contributed by atoms with van der Waals surface area (Å²) in [7, 11) is 0. The van der Waals surface area contributed by atoms with E-state index in [9.17, 15) is 14.4 Å². The van der Waals surface area contributed by atoms with Gasteiger partial charge in [-0.3, -0.25) is 20.1 Å². The molecule has 0 aromatic heterocycles. The van der Waals surface area contributed by atoms with Crippen LogP contribution in [-0.4, -0.2) is 54.0 Å². The van der Waals surface area contributed by atoms with Crippen molar-refractivity contribution in [2.24, 2.45) is 0 Å². The molecule has 2 amide bonds. The molecule has 2 aromatic rings. The normalized spacial score (nSPS) is 12.6. The summed E-state index contributed by atoms with van der Waals surface area (Å²) >= 11 is 0. The van der Waals surface area contributed by atoms with E-state index in [0.717, 1.165) is 0 Å². The molecule has 0 unspecified atom stereocenters. The summed E-state index contributed by atoms with van der Waals surface area (Å²) in [4.78, 5) is 35.5. The molecule has 0 radical (unpaired) electrons. The highest BCUT2D eigenvalue weighted by atomic mass is 16.6. The highest BCUT2D eigenvalue weighted by molar-refractivity contribution is 5.95. The van der Waals surface area contributed by atoms with Gasteiger partial charge in [-0.05, 0) is 68.7 Å². The largest absolute Gasteiger partial charge is 0.491 e. The zero-order chi connectivity index (χ0) is 26.3. The molecule has 0 aliphatic heterocycles. The number of carbonyl (C=O) groups excluding carboxylic acids is 3. The lowest BCUT2D eigenvalue weighted by Crippen LogP contribution is -2.29. The number of nitrogens with one attached hydrogen (secondary N) is 2. The molecule has 36 heavy (non-hydrogen) atoms. The number of allylic oxidation sites excluding steroid dienone is 1. The zero-order valence-corrected chi connectivity index (χ0v) is 20.3. The molecule has 10 nitrogen and oxygen atoms in total. The second-order valence-corrected chi connectivity index (χ2v) is 7.68. The van der Waals surface area contributed by atoms with Gasteiger partial charge in [0.05, 0.1) is 12.7 Å². The van der Waals surface area contributed by atoms with E-state index >= 15 is 0 Å². The number of Topliss-reactive ketones (excluding diaryl/α,β-unsaturated/α-hetero) is 1. The maximum Gasteiger partial charge on any atom is 0.412 e. The standard InChI is InChI=1S/C26H32N2O8/c1-3-34-23(9-4-5-10-24(31)28-33)25(20-7-6-8-22(17-20)35-16-15-29)36-26(32)27-21-13-11-19(12-14-21)18(2)30/h5-8,10-14,17,23,25,29,33H,3-4,9,15-16H2,1-2H3,(H,27,32)(H,28,31)/b10-5+/t23-,25-/m0/s1. The Labute approximate surface area is 209 Å². The van der Waals surface area contributed by atoms with Crippen LogP contribution in [0, 0.1) is 0 Å². The fourth-order valence-corrected chi connectivity index (χ4v) is 3.38. The molecule has 0 aliphatic carbocycles. The van der Waals surface area contributed by atoms with E-state index < -0.39 is 24.2 Å². The first-order valence-corrected chi connectivity index (χ1v) is 11.5. The Bertz CT molecular complexity index is 1020. The first-order chi connectivity index (χ1) is 17.4. The Balaban J connectivity index is 2.25. The van der Waals surface area contributed by atoms with Crippen LogP contribution >= 0.6 is 0 Å². The third-order valence-electron chi connectivity index (χ3n) is 5.03. The molecule has 2 atom stereocenters. The Morgan fingerprint density at radius 3 is 2.50 bits per heavy atom. The number of rotatable bonds is 14. The van der Waals surface area contributed by atoms with Crippen LogP contribution in [0.2, 0.25) is 0 Å². The molecule has 0 saturated carbocycles. The smallest absolute Gasteiger partial charge is 0.412 e. The number of benzene rings is 2. The van der Waals surface area contributed by atoms with E-state index in [1.165, 1.54) is 18.5 Å². The highest BCUT2D eigenvalue weighted by Crippen LogP contribution is 2.30. The van der Waals surface area contributed by atoms with Crippen molar-refractivity contribution < 1.29 is 38.9 Å². The molecule has 0 bridgehead atoms. The van der Waals surface area contributed by atoms with Gasteiger partial charge in [0.15, 0.2) is 11.9 Å². The van der Waals surface area contributed by atoms with E-state index in [0.29, 0.717) is 42.0 Å². The number of carbonyl (C=O) groups is 3. The summed E-state index contributed by atoms with van der Waals surface area (Å²) in [6.45, 7) is 3.58. The summed E-state index contributed by atoms with van der Waals surface area (Å²) in [6, 6.07) is 13.4. The Morgan fingerprint density at radius 2 is 1.86 bits per heavy atom. The lowest BCUT2D eigenvalue weighted by Gasteiger charge is -2.27. The quantitative estimate of drug-likeness (QED) is 0.133. The predicted molar refractivity (Wildman–Crippen MR) is 132 cm³/mol. The monoisotopic (exact) mass is 500 g/mol. The molecule has 10 heteroatoms. The zero-order valence-electron chi connectivity index (χ0n) is 20.3. The van der Waals surface area contributed by atoms with Crippen LogP contribution in [0.5, 0.6) is 5.75 Å². The number of hydroxylamine groups is 1. The summed E-state index contributed by atoms with van der Waals surface area (Å²) in [6.07, 6.45) is 1.45. The molecule has 0 spiro atoms. The second-order valence-electron chi connectivity index (χ2n) is 7.68. The van der Waals surface area contributed by atoms with Gasteiger partial charge in [-0.1, -0.05) is 18.2 Å². The van der Waals surface area contributed by atoms with Crippen molar-refractivity contribution in [3.8, 4) is 5.75 Å². The fraction of sp³-hybridized carbons (Fsp3) is 0.346. The summed E-state index contributed by atoms with van der Waals surface area (Å²) < 4.78 is 17.2. The van der Waals surface area contributed by atoms with Gasteiger partial charge >= 0.3 is 6.09 Å². The van der Waals surface area contributed by atoms with E-state index in [1.54, 1.807) is 54.6 Å². The Morgan fingerprint density at radius 1 is 1.11 bits per heavy atom. The van der Waals surface area contributed by atoms with E-state index in [2.05, 4.69) is 5.32 Å². The first kappa shape index (κ1) is 28.5. The van der Waals surface area contributed by atoms with Gasteiger partial charge in [-0.2, -0.15) is 0 Å². The maximum atomic E-state index is 12.8. The fourth-order valence-electron chi connectivity index (χ4n) is 3.38. The number of ether oxygens (including phenoxy) is 3. The molecule has 0 fully saturated rings. The van der Waals surface area contributed by atoms with Crippen molar-refractivity contribution in [2.45, 2.75) is 38.9 Å². The van der Waals surface area contributed by atoms with Crippen molar-refractivity contribution in [1.82, 2.24) is 5.48 Å². The minimum Gasteiger partial charge on any atom is -0.491 e. The molecular weight excluding hydrogens is 468 g/mol. The van der Waals surface area contributed by atoms with Gasteiger partial charge in [0.1, 0.15) is 12.4 Å². The average Bonchev–Trinajstić information content (AvgIpc) is 2.88. The Kier molecular flexibility index (Phi) is 12.1. The second kappa shape index (κ2) is 15.3. The molecule has 0 aliphatic rings. The summed E-state index contributed by atoms with van der Waals surface area (Å²) in [5, 5.41) is 20.3. The van der Waals surface area contributed by atoms with Crippen molar-refractivity contribution in [3.63, 3.8) is 0 Å². The number of hydrogen-bond acceptors (Lipinski definition) is 8. The van der Waals surface area contributed by atoms with Crippen molar-refractivity contribution in [1.29, 1.82) is 0 Å². The van der Waals surface area contributed by atoms with Gasteiger partial charge in [0.25, 0.3) is 5.91 Å². The van der Waals surface area contributed by atoms with Gasteiger partial charge in [0.2, 0.25) is 0 Å². The molecule has 2 aromatic carbocycles. The molecular formula is C26H32N2O8. The van der Waals surface area contributed by atoms with Crippen molar-refractivity contribution in [3.05, 3.63) is 71.8 Å².